The SMILES string of the molecule is CN(CC(F)(F)F)C(=O)CN(CCN)CCc1ccccc1. The quantitative estimate of drug-likeness (QED) is 0.791. The minimum atomic E-state index is -4.38. The molecular weight excluding hydrogens is 295 g/mol. The maximum absolute atomic E-state index is 12.3. The third-order valence-electron chi connectivity index (χ3n) is 3.21. The first-order valence-corrected chi connectivity index (χ1v) is 7.09. The summed E-state index contributed by atoms with van der Waals surface area (Å²) in [6.07, 6.45) is -3.66. The second-order valence-corrected chi connectivity index (χ2v) is 5.17. The van der Waals surface area contributed by atoms with E-state index >= 15 is 0 Å². The summed E-state index contributed by atoms with van der Waals surface area (Å²) in [7, 11) is 1.16. The van der Waals surface area contributed by atoms with Gasteiger partial charge in [0.2, 0.25) is 5.91 Å². The third kappa shape index (κ3) is 7.42. The highest BCUT2D eigenvalue weighted by Gasteiger charge is 2.31. The van der Waals surface area contributed by atoms with Crippen LogP contribution in [0.3, 0.4) is 0 Å². The van der Waals surface area contributed by atoms with E-state index < -0.39 is 18.6 Å². The molecule has 0 unspecified atom stereocenters. The summed E-state index contributed by atoms with van der Waals surface area (Å²) in [4.78, 5) is 14.3. The van der Waals surface area contributed by atoms with Crippen LogP contribution in [0.5, 0.6) is 0 Å². The average molecular weight is 317 g/mol. The summed E-state index contributed by atoms with van der Waals surface area (Å²) >= 11 is 0. The molecule has 7 heteroatoms. The summed E-state index contributed by atoms with van der Waals surface area (Å²) in [5, 5.41) is 0. The summed E-state index contributed by atoms with van der Waals surface area (Å²) in [5.74, 6) is -0.557. The van der Waals surface area contributed by atoms with Crippen LogP contribution in [0.25, 0.3) is 0 Å². The third-order valence-corrected chi connectivity index (χ3v) is 3.21. The second-order valence-electron chi connectivity index (χ2n) is 5.17. The maximum Gasteiger partial charge on any atom is 0.406 e. The molecule has 1 amide bonds. The number of halogens is 3. The summed E-state index contributed by atoms with van der Waals surface area (Å²) in [6, 6.07) is 9.70. The van der Waals surface area contributed by atoms with E-state index in [0.29, 0.717) is 24.5 Å². The normalized spacial score (nSPS) is 11.7. The monoisotopic (exact) mass is 317 g/mol. The lowest BCUT2D eigenvalue weighted by Gasteiger charge is -2.25. The van der Waals surface area contributed by atoms with Crippen molar-refractivity contribution in [3.63, 3.8) is 0 Å². The van der Waals surface area contributed by atoms with Gasteiger partial charge in [-0.2, -0.15) is 13.2 Å². The molecule has 0 saturated heterocycles. The van der Waals surface area contributed by atoms with Crippen molar-refractivity contribution < 1.29 is 18.0 Å². The Morgan fingerprint density at radius 1 is 1.18 bits per heavy atom. The molecule has 0 atom stereocenters. The van der Waals surface area contributed by atoms with Crippen LogP contribution < -0.4 is 5.73 Å². The number of hydrogen-bond acceptors (Lipinski definition) is 3. The fourth-order valence-corrected chi connectivity index (χ4v) is 2.05. The molecule has 0 fully saturated rings. The van der Waals surface area contributed by atoms with E-state index in [9.17, 15) is 18.0 Å². The van der Waals surface area contributed by atoms with E-state index in [-0.39, 0.29) is 6.54 Å². The zero-order chi connectivity index (χ0) is 16.6. The Kier molecular flexibility index (Phi) is 7.34. The Morgan fingerprint density at radius 3 is 2.36 bits per heavy atom. The van der Waals surface area contributed by atoms with Gasteiger partial charge >= 0.3 is 6.18 Å². The molecule has 1 aromatic rings. The molecule has 4 nitrogen and oxygen atoms in total. The highest BCUT2D eigenvalue weighted by atomic mass is 19.4. The predicted molar refractivity (Wildman–Crippen MR) is 79.3 cm³/mol. The van der Waals surface area contributed by atoms with E-state index in [4.69, 9.17) is 5.73 Å². The summed E-state index contributed by atoms with van der Waals surface area (Å²) < 4.78 is 36.9. The molecule has 0 radical (unpaired) electrons. The Hall–Kier alpha value is -1.60. The number of hydrogen-bond donors (Lipinski definition) is 1. The minimum absolute atomic E-state index is 0.0589. The first-order valence-electron chi connectivity index (χ1n) is 7.09. The number of nitrogens with two attached hydrogens (primary N) is 1. The van der Waals surface area contributed by atoms with E-state index in [0.717, 1.165) is 19.0 Å². The van der Waals surface area contributed by atoms with Crippen molar-refractivity contribution in [2.45, 2.75) is 12.6 Å². The van der Waals surface area contributed by atoms with Crippen LogP contribution in [0.15, 0.2) is 30.3 Å². The van der Waals surface area contributed by atoms with Gasteiger partial charge in [0.05, 0.1) is 6.54 Å². The number of amides is 1. The predicted octanol–water partition coefficient (Wildman–Crippen LogP) is 1.51. The molecule has 1 aromatic carbocycles. The Labute approximate surface area is 128 Å². The average Bonchev–Trinajstić information content (AvgIpc) is 2.44. The van der Waals surface area contributed by atoms with Gasteiger partial charge in [-0.3, -0.25) is 9.69 Å². The first-order chi connectivity index (χ1) is 10.3. The number of rotatable bonds is 8. The van der Waals surface area contributed by atoms with Crippen LogP contribution in [0, 0.1) is 0 Å². The van der Waals surface area contributed by atoms with Gasteiger partial charge in [-0.15, -0.1) is 0 Å². The lowest BCUT2D eigenvalue weighted by Crippen LogP contribution is -2.44. The van der Waals surface area contributed by atoms with Crippen LogP contribution in [0.1, 0.15) is 5.56 Å². The van der Waals surface area contributed by atoms with Gasteiger partial charge in [0.1, 0.15) is 6.54 Å². The van der Waals surface area contributed by atoms with E-state index in [1.165, 1.54) is 0 Å². The topological polar surface area (TPSA) is 49.6 Å². The smallest absolute Gasteiger partial charge is 0.336 e. The van der Waals surface area contributed by atoms with Crippen molar-refractivity contribution in [2.75, 3.05) is 39.8 Å². The van der Waals surface area contributed by atoms with Crippen molar-refractivity contribution in [2.24, 2.45) is 5.73 Å². The van der Waals surface area contributed by atoms with Crippen LogP contribution in [0.4, 0.5) is 13.2 Å². The number of benzene rings is 1. The number of nitrogens with zero attached hydrogens (tertiary/aromatic N) is 2. The second kappa shape index (κ2) is 8.75. The molecule has 22 heavy (non-hydrogen) atoms. The highest BCUT2D eigenvalue weighted by Crippen LogP contribution is 2.15. The molecule has 2 N–H and O–H groups in total. The standard InChI is InChI=1S/C15H22F3N3O/c1-20(12-15(16,17)18)14(22)11-21(10-8-19)9-7-13-5-3-2-4-6-13/h2-6H,7-12,19H2,1H3. The van der Waals surface area contributed by atoms with Crippen molar-refractivity contribution in [1.29, 1.82) is 0 Å². The van der Waals surface area contributed by atoms with Crippen LogP contribution in [0.2, 0.25) is 0 Å². The van der Waals surface area contributed by atoms with E-state index in [2.05, 4.69) is 0 Å². The van der Waals surface area contributed by atoms with E-state index in [1.807, 2.05) is 30.3 Å². The summed E-state index contributed by atoms with van der Waals surface area (Å²) in [5.41, 5.74) is 6.62. The summed E-state index contributed by atoms with van der Waals surface area (Å²) in [6.45, 7) is 0.105. The number of likely N-dealkylation sites (N-methyl/N-ethyl adjacent to an activating group) is 1. The van der Waals surface area contributed by atoms with Gasteiger partial charge in [-0.25, -0.2) is 0 Å². The van der Waals surface area contributed by atoms with Crippen molar-refractivity contribution in [3.8, 4) is 0 Å². The van der Waals surface area contributed by atoms with Gasteiger partial charge in [-0.05, 0) is 12.0 Å². The van der Waals surface area contributed by atoms with Gasteiger partial charge in [0, 0.05) is 26.7 Å². The minimum Gasteiger partial charge on any atom is -0.336 e. The molecule has 0 bridgehead atoms. The van der Waals surface area contributed by atoms with Crippen LogP contribution in [-0.4, -0.2) is 61.7 Å². The number of alkyl halides is 3. The van der Waals surface area contributed by atoms with Crippen molar-refractivity contribution in [3.05, 3.63) is 35.9 Å². The Bertz CT molecular complexity index is 451. The molecule has 0 aliphatic rings. The highest BCUT2D eigenvalue weighted by molar-refractivity contribution is 5.78. The Balaban J connectivity index is 2.50. The zero-order valence-corrected chi connectivity index (χ0v) is 12.6. The lowest BCUT2D eigenvalue weighted by atomic mass is 10.1. The molecule has 0 spiro atoms. The van der Waals surface area contributed by atoms with Crippen LogP contribution in [-0.2, 0) is 11.2 Å². The zero-order valence-electron chi connectivity index (χ0n) is 12.6. The Morgan fingerprint density at radius 2 is 1.82 bits per heavy atom. The van der Waals surface area contributed by atoms with E-state index in [1.54, 1.807) is 4.90 Å². The molecule has 0 heterocycles. The first kappa shape index (κ1) is 18.4. The largest absolute Gasteiger partial charge is 0.406 e. The molecule has 0 aliphatic carbocycles. The number of carbonyl (C=O) groups is 1. The molecule has 0 aromatic heterocycles. The molecule has 0 saturated carbocycles. The fourth-order valence-electron chi connectivity index (χ4n) is 2.05. The van der Waals surface area contributed by atoms with Gasteiger partial charge in [0.25, 0.3) is 0 Å². The van der Waals surface area contributed by atoms with Crippen molar-refractivity contribution >= 4 is 5.91 Å². The molecule has 124 valence electrons. The molecule has 0 aliphatic heterocycles. The van der Waals surface area contributed by atoms with Crippen molar-refractivity contribution in [1.82, 2.24) is 9.80 Å². The molecular formula is C15H22F3N3O. The lowest BCUT2D eigenvalue weighted by molar-refractivity contribution is -0.159. The van der Waals surface area contributed by atoms with Gasteiger partial charge in [0.15, 0.2) is 0 Å². The maximum atomic E-state index is 12.3. The van der Waals surface area contributed by atoms with Crippen LogP contribution >= 0.6 is 0 Å². The van der Waals surface area contributed by atoms with Gasteiger partial charge < -0.3 is 10.6 Å². The molecule has 1 rings (SSSR count). The number of carbonyl (C=O) groups excluding carboxylic acids is 1. The van der Waals surface area contributed by atoms with Gasteiger partial charge in [-0.1, -0.05) is 30.3 Å². The fraction of sp³-hybridized carbons (Fsp3) is 0.533.